The van der Waals surface area contributed by atoms with Gasteiger partial charge in [-0.1, -0.05) is 6.58 Å². The molecule has 124 valence electrons. The normalized spacial score (nSPS) is 42.1. The number of hydrogen-bond acceptors (Lipinski definition) is 7. The van der Waals surface area contributed by atoms with Crippen LogP contribution in [0.15, 0.2) is 12.7 Å². The maximum absolute atomic E-state index is 11.7. The van der Waals surface area contributed by atoms with Crippen molar-refractivity contribution in [1.82, 2.24) is 0 Å². The van der Waals surface area contributed by atoms with E-state index in [2.05, 4.69) is 6.58 Å². The van der Waals surface area contributed by atoms with Crippen molar-refractivity contribution >= 4 is 5.97 Å². The number of fused-ring (bicyclic) bond motifs is 1. The van der Waals surface area contributed by atoms with Crippen LogP contribution in [0.5, 0.6) is 0 Å². The van der Waals surface area contributed by atoms with E-state index in [1.54, 1.807) is 27.7 Å². The summed E-state index contributed by atoms with van der Waals surface area (Å²) in [6, 6.07) is 0. The van der Waals surface area contributed by atoms with Crippen LogP contribution < -0.4 is 0 Å². The summed E-state index contributed by atoms with van der Waals surface area (Å²) in [6.07, 6.45) is -0.542. The largest absolute Gasteiger partial charge is 0.450 e. The lowest BCUT2D eigenvalue weighted by Crippen LogP contribution is -2.63. The monoisotopic (exact) mass is 314 g/mol. The lowest BCUT2D eigenvalue weighted by atomic mass is 9.97. The first-order valence-corrected chi connectivity index (χ1v) is 7.33. The van der Waals surface area contributed by atoms with E-state index in [4.69, 9.17) is 28.4 Å². The second-order valence-corrected chi connectivity index (χ2v) is 6.61. The Balaban J connectivity index is 1.90. The summed E-state index contributed by atoms with van der Waals surface area (Å²) < 4.78 is 34.6. The zero-order chi connectivity index (χ0) is 16.2. The topological polar surface area (TPSA) is 72.5 Å². The first kappa shape index (κ1) is 15.9. The molecule has 4 atom stereocenters. The molecule has 0 N–H and O–H groups in total. The van der Waals surface area contributed by atoms with Crippen molar-refractivity contribution in [2.24, 2.45) is 0 Å². The van der Waals surface area contributed by atoms with E-state index in [-0.39, 0.29) is 19.3 Å². The molecule has 3 fully saturated rings. The van der Waals surface area contributed by atoms with Crippen LogP contribution >= 0.6 is 0 Å². The number of rotatable bonds is 2. The highest BCUT2D eigenvalue weighted by Crippen LogP contribution is 2.45. The highest BCUT2D eigenvalue weighted by molar-refractivity contribution is 5.81. The smallest absolute Gasteiger partial charge is 0.330 e. The molecule has 0 aromatic carbocycles. The Labute approximate surface area is 129 Å². The second-order valence-electron chi connectivity index (χ2n) is 6.61. The summed E-state index contributed by atoms with van der Waals surface area (Å²) >= 11 is 0. The molecule has 3 saturated heterocycles. The number of esters is 1. The van der Waals surface area contributed by atoms with E-state index in [1.807, 2.05) is 0 Å². The number of ether oxygens (including phenoxy) is 6. The molecule has 0 aromatic heterocycles. The van der Waals surface area contributed by atoms with Crippen LogP contribution in [-0.4, -0.2) is 54.9 Å². The lowest BCUT2D eigenvalue weighted by molar-refractivity contribution is -0.327. The van der Waals surface area contributed by atoms with Gasteiger partial charge in [0.25, 0.3) is 0 Å². The van der Waals surface area contributed by atoms with E-state index < -0.39 is 35.5 Å². The summed E-state index contributed by atoms with van der Waals surface area (Å²) in [5.41, 5.74) is 0. The van der Waals surface area contributed by atoms with Gasteiger partial charge in [0.15, 0.2) is 17.7 Å². The van der Waals surface area contributed by atoms with Crippen molar-refractivity contribution in [3.8, 4) is 0 Å². The molecule has 3 rings (SSSR count). The minimum absolute atomic E-state index is 0.141. The third-order valence-electron chi connectivity index (χ3n) is 3.89. The summed E-state index contributed by atoms with van der Waals surface area (Å²) in [7, 11) is 0. The first-order chi connectivity index (χ1) is 10.2. The van der Waals surface area contributed by atoms with Crippen LogP contribution in [0.2, 0.25) is 0 Å². The molecule has 7 nitrogen and oxygen atoms in total. The number of hydrogen-bond donors (Lipinski definition) is 0. The molecule has 1 spiro atoms. The van der Waals surface area contributed by atoms with Gasteiger partial charge in [-0.3, -0.25) is 0 Å². The molecule has 7 heteroatoms. The summed E-state index contributed by atoms with van der Waals surface area (Å²) in [6.45, 7) is 11.0. The molecule has 22 heavy (non-hydrogen) atoms. The van der Waals surface area contributed by atoms with Gasteiger partial charge in [0.2, 0.25) is 5.79 Å². The Kier molecular flexibility index (Phi) is 3.61. The zero-order valence-corrected chi connectivity index (χ0v) is 13.3. The van der Waals surface area contributed by atoms with Gasteiger partial charge in [0.1, 0.15) is 18.8 Å². The van der Waals surface area contributed by atoms with Gasteiger partial charge >= 0.3 is 5.97 Å². The van der Waals surface area contributed by atoms with Gasteiger partial charge in [-0.15, -0.1) is 0 Å². The molecule has 0 unspecified atom stereocenters. The fourth-order valence-electron chi connectivity index (χ4n) is 3.10. The fourth-order valence-corrected chi connectivity index (χ4v) is 3.10. The molecule has 0 bridgehead atoms. The van der Waals surface area contributed by atoms with Crippen LogP contribution in [0, 0.1) is 0 Å². The predicted octanol–water partition coefficient (Wildman–Crippen LogP) is 1.11. The zero-order valence-electron chi connectivity index (χ0n) is 13.3. The maximum Gasteiger partial charge on any atom is 0.330 e. The van der Waals surface area contributed by atoms with Crippen molar-refractivity contribution in [2.45, 2.75) is 63.4 Å². The highest BCUT2D eigenvalue weighted by atomic mass is 16.9. The first-order valence-electron chi connectivity index (χ1n) is 7.33. The quantitative estimate of drug-likeness (QED) is 0.558. The Bertz CT molecular complexity index is 484. The van der Waals surface area contributed by atoms with Crippen LogP contribution in [0.4, 0.5) is 0 Å². The molecule has 3 aliphatic heterocycles. The van der Waals surface area contributed by atoms with Crippen molar-refractivity contribution < 1.29 is 33.2 Å². The number of carbonyl (C=O) groups excluding carboxylic acids is 1. The second kappa shape index (κ2) is 5.01. The molecule has 0 amide bonds. The molecule has 3 aliphatic rings. The van der Waals surface area contributed by atoms with Gasteiger partial charge in [0, 0.05) is 6.08 Å². The summed E-state index contributed by atoms with van der Waals surface area (Å²) in [5, 5.41) is 0. The predicted molar refractivity (Wildman–Crippen MR) is 73.7 cm³/mol. The van der Waals surface area contributed by atoms with Crippen LogP contribution in [0.1, 0.15) is 27.7 Å². The van der Waals surface area contributed by atoms with Crippen LogP contribution in [-0.2, 0) is 33.2 Å². The highest BCUT2D eigenvalue weighted by Gasteiger charge is 2.64. The van der Waals surface area contributed by atoms with E-state index in [9.17, 15) is 4.79 Å². The van der Waals surface area contributed by atoms with Gasteiger partial charge in [-0.2, -0.15) is 0 Å². The molecular formula is C15H22O7. The Morgan fingerprint density at radius 3 is 2.50 bits per heavy atom. The number of carbonyl (C=O) groups is 1. The molecule has 0 radical (unpaired) electrons. The molecule has 3 heterocycles. The molecule has 0 aromatic rings. The Morgan fingerprint density at radius 1 is 1.18 bits per heavy atom. The standard InChI is InChI=1S/C15H22O7/c1-6-10(16)19-12-11-9(20-14(4,5)21-11)7-17-15(12)8-18-13(2,3)22-15/h6,9,11-12H,1,7-8H2,2-5H3/t9-,11-,12+,15-/m1/s1. The fraction of sp³-hybridized carbons (Fsp3) is 0.800. The Hall–Kier alpha value is -0.990. The summed E-state index contributed by atoms with van der Waals surface area (Å²) in [4.78, 5) is 11.7. The maximum atomic E-state index is 11.7. The average molecular weight is 314 g/mol. The Morgan fingerprint density at radius 2 is 1.91 bits per heavy atom. The van der Waals surface area contributed by atoms with Gasteiger partial charge in [-0.05, 0) is 27.7 Å². The molecular weight excluding hydrogens is 292 g/mol. The SMILES string of the molecule is C=CC(=O)O[C@H]1[C@@H]2OC(C)(C)O[C@@H]2CO[C@@]12COC(C)(C)O2. The van der Waals surface area contributed by atoms with Gasteiger partial charge < -0.3 is 28.4 Å². The average Bonchev–Trinajstić information content (AvgIpc) is 2.90. The van der Waals surface area contributed by atoms with Gasteiger partial charge in [0.05, 0.1) is 6.61 Å². The van der Waals surface area contributed by atoms with E-state index in [0.29, 0.717) is 0 Å². The van der Waals surface area contributed by atoms with Crippen molar-refractivity contribution in [1.29, 1.82) is 0 Å². The van der Waals surface area contributed by atoms with Gasteiger partial charge in [-0.25, -0.2) is 4.79 Å². The van der Waals surface area contributed by atoms with Crippen LogP contribution in [0.25, 0.3) is 0 Å². The van der Waals surface area contributed by atoms with Crippen molar-refractivity contribution in [3.63, 3.8) is 0 Å². The van der Waals surface area contributed by atoms with Crippen molar-refractivity contribution in [3.05, 3.63) is 12.7 Å². The lowest BCUT2D eigenvalue weighted by Gasteiger charge is -2.43. The minimum Gasteiger partial charge on any atom is -0.450 e. The molecule has 0 aliphatic carbocycles. The third-order valence-corrected chi connectivity index (χ3v) is 3.89. The molecule has 0 saturated carbocycles. The van der Waals surface area contributed by atoms with Crippen LogP contribution in [0.3, 0.4) is 0 Å². The van der Waals surface area contributed by atoms with E-state index in [1.165, 1.54) is 0 Å². The third kappa shape index (κ3) is 2.68. The van der Waals surface area contributed by atoms with E-state index >= 15 is 0 Å². The van der Waals surface area contributed by atoms with Crippen molar-refractivity contribution in [2.75, 3.05) is 13.2 Å². The summed E-state index contributed by atoms with van der Waals surface area (Å²) in [5.74, 6) is -3.39. The van der Waals surface area contributed by atoms with E-state index in [0.717, 1.165) is 6.08 Å². The minimum atomic E-state index is -1.20.